The Hall–Kier alpha value is -2.55. The van der Waals surface area contributed by atoms with Gasteiger partial charge in [-0.25, -0.2) is 4.79 Å². The van der Waals surface area contributed by atoms with Crippen LogP contribution in [-0.4, -0.2) is 5.97 Å². The maximum atomic E-state index is 12.1. The number of esters is 1. The zero-order valence-electron chi connectivity index (χ0n) is 12.9. The lowest BCUT2D eigenvalue weighted by Crippen LogP contribution is -2.11. The summed E-state index contributed by atoms with van der Waals surface area (Å²) in [6.45, 7) is 6.42. The van der Waals surface area contributed by atoms with E-state index in [1.165, 1.54) is 5.56 Å². The monoisotopic (exact) mass is 294 g/mol. The summed E-state index contributed by atoms with van der Waals surface area (Å²) in [6, 6.07) is 16.7. The normalized spacial score (nSPS) is 11.6. The number of furan rings is 1. The van der Waals surface area contributed by atoms with Gasteiger partial charge >= 0.3 is 5.97 Å². The Kier molecular flexibility index (Phi) is 3.49. The van der Waals surface area contributed by atoms with Crippen LogP contribution >= 0.6 is 0 Å². The third-order valence-corrected chi connectivity index (χ3v) is 3.56. The lowest BCUT2D eigenvalue weighted by Gasteiger charge is -2.18. The molecule has 1 aromatic heterocycles. The summed E-state index contributed by atoms with van der Waals surface area (Å²) in [5, 5.41) is 0.887. The Morgan fingerprint density at radius 2 is 1.68 bits per heavy atom. The van der Waals surface area contributed by atoms with E-state index in [0.29, 0.717) is 11.3 Å². The molecular weight excluding hydrogens is 276 g/mol. The Labute approximate surface area is 129 Å². The van der Waals surface area contributed by atoms with E-state index in [1.807, 2.05) is 36.4 Å². The Bertz CT molecular complexity index is 772. The largest absolute Gasteiger partial charge is 0.449 e. The van der Waals surface area contributed by atoms with Gasteiger partial charge in [-0.3, -0.25) is 0 Å². The number of carbonyl (C=O) groups excluding carboxylic acids is 1. The fourth-order valence-electron chi connectivity index (χ4n) is 2.26. The maximum absolute atomic E-state index is 12.1. The summed E-state index contributed by atoms with van der Waals surface area (Å²) < 4.78 is 10.9. The predicted molar refractivity (Wildman–Crippen MR) is 86.3 cm³/mol. The first kappa shape index (κ1) is 14.4. The quantitative estimate of drug-likeness (QED) is 0.496. The molecule has 0 spiro atoms. The number of fused-ring (bicyclic) bond motifs is 1. The molecule has 0 saturated heterocycles. The van der Waals surface area contributed by atoms with Crippen LogP contribution in [0.1, 0.15) is 36.9 Å². The van der Waals surface area contributed by atoms with Crippen LogP contribution in [0.15, 0.2) is 59.0 Å². The van der Waals surface area contributed by atoms with E-state index in [9.17, 15) is 4.79 Å². The minimum atomic E-state index is -0.486. The summed E-state index contributed by atoms with van der Waals surface area (Å²) in [7, 11) is 0. The SMILES string of the molecule is CC(C)(C)c1ccc(OC(=O)c2cc3ccccc3o2)cc1. The number of ether oxygens (including phenoxy) is 1. The average molecular weight is 294 g/mol. The van der Waals surface area contributed by atoms with Crippen molar-refractivity contribution in [2.75, 3.05) is 0 Å². The molecule has 0 aliphatic rings. The summed E-state index contributed by atoms with van der Waals surface area (Å²) in [6.07, 6.45) is 0. The van der Waals surface area contributed by atoms with Crippen molar-refractivity contribution in [2.24, 2.45) is 0 Å². The highest BCUT2D eigenvalue weighted by molar-refractivity contribution is 5.93. The van der Waals surface area contributed by atoms with Crippen LogP contribution in [-0.2, 0) is 5.41 Å². The van der Waals surface area contributed by atoms with Crippen molar-refractivity contribution in [1.82, 2.24) is 0 Å². The predicted octanol–water partition coefficient (Wildman–Crippen LogP) is 4.95. The Balaban J connectivity index is 1.79. The molecule has 1 heterocycles. The number of benzene rings is 2. The van der Waals surface area contributed by atoms with E-state index >= 15 is 0 Å². The molecule has 3 rings (SSSR count). The van der Waals surface area contributed by atoms with E-state index in [0.717, 1.165) is 5.39 Å². The molecule has 0 unspecified atom stereocenters. The first-order chi connectivity index (χ1) is 10.4. The lowest BCUT2D eigenvalue weighted by atomic mass is 9.87. The van der Waals surface area contributed by atoms with Gasteiger partial charge in [0.2, 0.25) is 5.76 Å². The summed E-state index contributed by atoms with van der Waals surface area (Å²) >= 11 is 0. The standard InChI is InChI=1S/C19H18O3/c1-19(2,3)14-8-10-15(11-9-14)21-18(20)17-12-13-6-4-5-7-16(13)22-17/h4-12H,1-3H3. The summed E-state index contributed by atoms with van der Waals surface area (Å²) in [4.78, 5) is 12.1. The number of rotatable bonds is 2. The van der Waals surface area contributed by atoms with E-state index in [4.69, 9.17) is 9.15 Å². The van der Waals surface area contributed by atoms with E-state index in [1.54, 1.807) is 18.2 Å². The zero-order valence-corrected chi connectivity index (χ0v) is 12.9. The highest BCUT2D eigenvalue weighted by Crippen LogP contribution is 2.25. The van der Waals surface area contributed by atoms with E-state index < -0.39 is 5.97 Å². The molecule has 0 aliphatic carbocycles. The van der Waals surface area contributed by atoms with Crippen LogP contribution in [0, 0.1) is 0 Å². The van der Waals surface area contributed by atoms with E-state index in [2.05, 4.69) is 20.8 Å². The van der Waals surface area contributed by atoms with Crippen molar-refractivity contribution >= 4 is 16.9 Å². The topological polar surface area (TPSA) is 39.4 Å². The second-order valence-corrected chi connectivity index (χ2v) is 6.31. The van der Waals surface area contributed by atoms with Gasteiger partial charge in [0.25, 0.3) is 0 Å². The van der Waals surface area contributed by atoms with Crippen LogP contribution in [0.5, 0.6) is 5.75 Å². The van der Waals surface area contributed by atoms with Crippen molar-refractivity contribution in [1.29, 1.82) is 0 Å². The second kappa shape index (κ2) is 5.34. The molecule has 0 bridgehead atoms. The molecule has 112 valence electrons. The van der Waals surface area contributed by atoms with Gasteiger partial charge in [0.05, 0.1) is 0 Å². The maximum Gasteiger partial charge on any atom is 0.379 e. The van der Waals surface area contributed by atoms with Crippen molar-refractivity contribution in [3.8, 4) is 5.75 Å². The first-order valence-electron chi connectivity index (χ1n) is 7.25. The average Bonchev–Trinajstić information content (AvgIpc) is 2.91. The minimum absolute atomic E-state index is 0.0707. The molecule has 0 atom stereocenters. The van der Waals surface area contributed by atoms with Gasteiger partial charge in [-0.2, -0.15) is 0 Å². The molecule has 0 N–H and O–H groups in total. The number of carbonyl (C=O) groups is 1. The zero-order chi connectivity index (χ0) is 15.7. The molecule has 0 amide bonds. The lowest BCUT2D eigenvalue weighted by molar-refractivity contribution is 0.0704. The number of hydrogen-bond donors (Lipinski definition) is 0. The third kappa shape index (κ3) is 2.89. The van der Waals surface area contributed by atoms with Crippen LogP contribution in [0.25, 0.3) is 11.0 Å². The highest BCUT2D eigenvalue weighted by Gasteiger charge is 2.16. The van der Waals surface area contributed by atoms with Crippen LogP contribution in [0.2, 0.25) is 0 Å². The Morgan fingerprint density at radius 1 is 1.00 bits per heavy atom. The molecule has 3 heteroatoms. The fourth-order valence-corrected chi connectivity index (χ4v) is 2.26. The number of hydrogen-bond acceptors (Lipinski definition) is 3. The second-order valence-electron chi connectivity index (χ2n) is 6.31. The summed E-state index contributed by atoms with van der Waals surface area (Å²) in [5.74, 6) is 0.235. The molecule has 22 heavy (non-hydrogen) atoms. The molecule has 2 aromatic carbocycles. The molecule has 0 fully saturated rings. The Morgan fingerprint density at radius 3 is 2.32 bits per heavy atom. The van der Waals surface area contributed by atoms with Gasteiger partial charge < -0.3 is 9.15 Å². The molecule has 3 aromatic rings. The molecule has 0 radical (unpaired) electrons. The fraction of sp³-hybridized carbons (Fsp3) is 0.211. The molecule has 0 saturated carbocycles. The molecular formula is C19H18O3. The van der Waals surface area contributed by atoms with Gasteiger partial charge in [0, 0.05) is 5.39 Å². The van der Waals surface area contributed by atoms with Gasteiger partial charge in [0.1, 0.15) is 11.3 Å². The summed E-state index contributed by atoms with van der Waals surface area (Å²) in [5.41, 5.74) is 1.94. The van der Waals surface area contributed by atoms with Crippen molar-refractivity contribution in [3.05, 3.63) is 65.9 Å². The molecule has 0 aliphatic heterocycles. The van der Waals surface area contributed by atoms with Crippen molar-refractivity contribution in [2.45, 2.75) is 26.2 Å². The smallest absolute Gasteiger partial charge is 0.379 e. The van der Waals surface area contributed by atoms with Crippen LogP contribution in [0.3, 0.4) is 0 Å². The van der Waals surface area contributed by atoms with Crippen LogP contribution in [0.4, 0.5) is 0 Å². The van der Waals surface area contributed by atoms with Gasteiger partial charge in [-0.15, -0.1) is 0 Å². The molecule has 3 nitrogen and oxygen atoms in total. The first-order valence-corrected chi connectivity index (χ1v) is 7.25. The highest BCUT2D eigenvalue weighted by atomic mass is 16.5. The third-order valence-electron chi connectivity index (χ3n) is 3.56. The van der Waals surface area contributed by atoms with Crippen molar-refractivity contribution in [3.63, 3.8) is 0 Å². The minimum Gasteiger partial charge on any atom is -0.449 e. The number of para-hydroxylation sites is 1. The van der Waals surface area contributed by atoms with E-state index in [-0.39, 0.29) is 11.2 Å². The van der Waals surface area contributed by atoms with Crippen LogP contribution < -0.4 is 4.74 Å². The van der Waals surface area contributed by atoms with Gasteiger partial charge in [-0.05, 0) is 35.2 Å². The van der Waals surface area contributed by atoms with Gasteiger partial charge in [-0.1, -0.05) is 51.1 Å². The van der Waals surface area contributed by atoms with Gasteiger partial charge in [0.15, 0.2) is 0 Å². The van der Waals surface area contributed by atoms with Crippen molar-refractivity contribution < 1.29 is 13.9 Å².